The van der Waals surface area contributed by atoms with Crippen LogP contribution in [0.4, 0.5) is 0 Å². The van der Waals surface area contributed by atoms with Crippen LogP contribution in [0.5, 0.6) is 0 Å². The van der Waals surface area contributed by atoms with Crippen molar-refractivity contribution in [1.82, 2.24) is 10.2 Å². The van der Waals surface area contributed by atoms with Crippen molar-refractivity contribution < 1.29 is 14.7 Å². The first-order valence-corrected chi connectivity index (χ1v) is 6.75. The van der Waals surface area contributed by atoms with Crippen molar-refractivity contribution >= 4 is 11.7 Å². The van der Waals surface area contributed by atoms with Gasteiger partial charge in [0.15, 0.2) is 5.84 Å². The van der Waals surface area contributed by atoms with Crippen molar-refractivity contribution in [3.63, 3.8) is 0 Å². The Morgan fingerprint density at radius 2 is 2.11 bits per heavy atom. The minimum atomic E-state index is -0.778. The minimum absolute atomic E-state index is 0.0302. The fourth-order valence-corrected chi connectivity index (χ4v) is 2.55. The Kier molecular flexibility index (Phi) is 4.60. The number of carbonyl (C=O) groups is 1. The topological polar surface area (TPSA) is 100 Å². The molecule has 1 aliphatic heterocycles. The Morgan fingerprint density at radius 1 is 1.42 bits per heavy atom. The average Bonchev–Trinajstić information content (AvgIpc) is 2.38. The van der Waals surface area contributed by atoms with Crippen LogP contribution in [0, 0.1) is 5.41 Å². The number of carbonyl (C=O) groups excluding carboxylic acids is 1. The van der Waals surface area contributed by atoms with Gasteiger partial charge in [-0.3, -0.25) is 9.69 Å². The van der Waals surface area contributed by atoms with Gasteiger partial charge in [0, 0.05) is 26.2 Å². The molecule has 0 bridgehead atoms. The summed E-state index contributed by atoms with van der Waals surface area (Å²) in [5.74, 6) is -0.0927. The fraction of sp³-hybridized carbons (Fsp3) is 0.833. The van der Waals surface area contributed by atoms with Crippen LogP contribution in [0.3, 0.4) is 0 Å². The molecule has 2 rings (SSSR count). The number of amidine groups is 1. The van der Waals surface area contributed by atoms with Crippen LogP contribution >= 0.6 is 0 Å². The van der Waals surface area contributed by atoms with Gasteiger partial charge in [-0.15, -0.1) is 0 Å². The standard InChI is InChI=1S/C12H22N4O3/c13-10(15-18)12(2-1-3-12)11(17)14-4-5-16-6-8-19-9-7-16/h18H,1-9H2,(H2,13,15)(H,14,17). The zero-order valence-electron chi connectivity index (χ0n) is 11.1. The van der Waals surface area contributed by atoms with Crippen molar-refractivity contribution in [1.29, 1.82) is 0 Å². The van der Waals surface area contributed by atoms with Crippen molar-refractivity contribution in [2.75, 3.05) is 39.4 Å². The predicted molar refractivity (Wildman–Crippen MR) is 70.0 cm³/mol. The molecule has 7 nitrogen and oxygen atoms in total. The molecule has 1 saturated heterocycles. The van der Waals surface area contributed by atoms with E-state index in [0.717, 1.165) is 39.3 Å². The van der Waals surface area contributed by atoms with Gasteiger partial charge in [-0.05, 0) is 12.8 Å². The molecule has 2 aliphatic rings. The summed E-state index contributed by atoms with van der Waals surface area (Å²) in [6.45, 7) is 4.70. The van der Waals surface area contributed by atoms with E-state index in [0.29, 0.717) is 19.4 Å². The Morgan fingerprint density at radius 3 is 2.63 bits per heavy atom. The van der Waals surface area contributed by atoms with Crippen LogP contribution in [-0.4, -0.2) is 61.2 Å². The first-order chi connectivity index (χ1) is 9.19. The van der Waals surface area contributed by atoms with E-state index >= 15 is 0 Å². The number of nitrogens with two attached hydrogens (primary N) is 1. The number of amides is 1. The molecule has 1 saturated carbocycles. The van der Waals surface area contributed by atoms with Crippen LogP contribution in [0.25, 0.3) is 0 Å². The summed E-state index contributed by atoms with van der Waals surface area (Å²) in [4.78, 5) is 14.4. The molecule has 0 spiro atoms. The van der Waals surface area contributed by atoms with E-state index < -0.39 is 5.41 Å². The van der Waals surface area contributed by atoms with Gasteiger partial charge in [0.05, 0.1) is 13.2 Å². The third-order valence-electron chi connectivity index (χ3n) is 4.06. The first-order valence-electron chi connectivity index (χ1n) is 6.75. The van der Waals surface area contributed by atoms with Crippen molar-refractivity contribution in [2.45, 2.75) is 19.3 Å². The normalized spacial score (nSPS) is 23.7. The van der Waals surface area contributed by atoms with Gasteiger partial charge < -0.3 is 21.0 Å². The number of ether oxygens (including phenoxy) is 1. The molecular formula is C12H22N4O3. The molecule has 0 aromatic carbocycles. The summed E-state index contributed by atoms with van der Waals surface area (Å²) in [7, 11) is 0. The molecule has 0 aromatic heterocycles. The van der Waals surface area contributed by atoms with Gasteiger partial charge in [0.25, 0.3) is 0 Å². The second-order valence-corrected chi connectivity index (χ2v) is 5.13. The smallest absolute Gasteiger partial charge is 0.233 e. The lowest BCUT2D eigenvalue weighted by atomic mass is 9.67. The monoisotopic (exact) mass is 270 g/mol. The highest BCUT2D eigenvalue weighted by Crippen LogP contribution is 2.41. The van der Waals surface area contributed by atoms with Gasteiger partial charge in [-0.25, -0.2) is 0 Å². The molecule has 2 fully saturated rings. The van der Waals surface area contributed by atoms with Crippen LogP contribution in [0.2, 0.25) is 0 Å². The SMILES string of the molecule is NC(=NO)C1(C(=O)NCCN2CCOCC2)CCC1. The van der Waals surface area contributed by atoms with Crippen molar-refractivity contribution in [3.8, 4) is 0 Å². The second kappa shape index (κ2) is 6.21. The van der Waals surface area contributed by atoms with E-state index in [1.54, 1.807) is 0 Å². The molecule has 0 radical (unpaired) electrons. The van der Waals surface area contributed by atoms with Crippen LogP contribution in [0.15, 0.2) is 5.16 Å². The molecule has 7 heteroatoms. The van der Waals surface area contributed by atoms with E-state index in [2.05, 4.69) is 15.4 Å². The molecule has 4 N–H and O–H groups in total. The molecule has 1 aliphatic carbocycles. The largest absolute Gasteiger partial charge is 0.409 e. The summed E-state index contributed by atoms with van der Waals surface area (Å²) in [6, 6.07) is 0. The molecule has 1 heterocycles. The van der Waals surface area contributed by atoms with Crippen molar-refractivity contribution in [3.05, 3.63) is 0 Å². The zero-order chi connectivity index (χ0) is 13.7. The Balaban J connectivity index is 1.77. The summed E-state index contributed by atoms with van der Waals surface area (Å²) in [5.41, 5.74) is 4.86. The Labute approximate surface area is 112 Å². The third-order valence-corrected chi connectivity index (χ3v) is 4.06. The van der Waals surface area contributed by atoms with Gasteiger partial charge in [-0.1, -0.05) is 11.6 Å². The number of hydrogen-bond donors (Lipinski definition) is 3. The van der Waals surface area contributed by atoms with E-state index in [-0.39, 0.29) is 11.7 Å². The maximum atomic E-state index is 12.2. The summed E-state index contributed by atoms with van der Waals surface area (Å²) in [5, 5.41) is 14.7. The molecule has 0 unspecified atom stereocenters. The second-order valence-electron chi connectivity index (χ2n) is 5.13. The number of nitrogens with zero attached hydrogens (tertiary/aromatic N) is 2. The maximum absolute atomic E-state index is 12.2. The van der Waals surface area contributed by atoms with Gasteiger partial charge in [0.2, 0.25) is 5.91 Å². The van der Waals surface area contributed by atoms with E-state index in [1.807, 2.05) is 0 Å². The van der Waals surface area contributed by atoms with Crippen molar-refractivity contribution in [2.24, 2.45) is 16.3 Å². The molecule has 108 valence electrons. The highest BCUT2D eigenvalue weighted by molar-refractivity contribution is 6.07. The van der Waals surface area contributed by atoms with Crippen LogP contribution in [-0.2, 0) is 9.53 Å². The van der Waals surface area contributed by atoms with Crippen LogP contribution < -0.4 is 11.1 Å². The van der Waals surface area contributed by atoms with E-state index in [9.17, 15) is 4.79 Å². The highest BCUT2D eigenvalue weighted by Gasteiger charge is 2.48. The summed E-state index contributed by atoms with van der Waals surface area (Å²) >= 11 is 0. The lowest BCUT2D eigenvalue weighted by Crippen LogP contribution is -2.55. The number of hydrogen-bond acceptors (Lipinski definition) is 5. The van der Waals surface area contributed by atoms with E-state index in [1.165, 1.54) is 0 Å². The molecule has 1 amide bonds. The first kappa shape index (κ1) is 14.1. The fourth-order valence-electron chi connectivity index (χ4n) is 2.55. The Bertz CT molecular complexity index is 349. The maximum Gasteiger partial charge on any atom is 0.233 e. The third kappa shape index (κ3) is 2.98. The Hall–Kier alpha value is -1.34. The molecule has 19 heavy (non-hydrogen) atoms. The van der Waals surface area contributed by atoms with Gasteiger partial charge in [-0.2, -0.15) is 0 Å². The molecule has 0 atom stereocenters. The highest BCUT2D eigenvalue weighted by atomic mass is 16.5. The number of oxime groups is 1. The summed E-state index contributed by atoms with van der Waals surface area (Å²) < 4.78 is 5.26. The predicted octanol–water partition coefficient (Wildman–Crippen LogP) is -0.648. The lowest BCUT2D eigenvalue weighted by Gasteiger charge is -2.38. The molecular weight excluding hydrogens is 248 g/mol. The van der Waals surface area contributed by atoms with E-state index in [4.69, 9.17) is 15.7 Å². The number of morpholine rings is 1. The summed E-state index contributed by atoms with van der Waals surface area (Å²) in [6.07, 6.45) is 2.26. The average molecular weight is 270 g/mol. The molecule has 0 aromatic rings. The van der Waals surface area contributed by atoms with Gasteiger partial charge >= 0.3 is 0 Å². The number of nitrogens with one attached hydrogen (secondary N) is 1. The minimum Gasteiger partial charge on any atom is -0.409 e. The zero-order valence-corrected chi connectivity index (χ0v) is 11.1. The lowest BCUT2D eigenvalue weighted by molar-refractivity contribution is -0.131. The van der Waals surface area contributed by atoms with Crippen LogP contribution in [0.1, 0.15) is 19.3 Å². The number of rotatable bonds is 5. The quantitative estimate of drug-likeness (QED) is 0.267. The van der Waals surface area contributed by atoms with Gasteiger partial charge in [0.1, 0.15) is 5.41 Å².